The molecule has 0 aliphatic carbocycles. The fraction of sp³-hybridized carbons (Fsp3) is 0.571. The molecule has 17 heavy (non-hydrogen) atoms. The van der Waals surface area contributed by atoms with Crippen LogP contribution in [0.15, 0.2) is 22.7 Å². The molecule has 1 aliphatic rings. The van der Waals surface area contributed by atoms with Gasteiger partial charge in [-0.15, -0.1) is 0 Å². The van der Waals surface area contributed by atoms with Gasteiger partial charge in [-0.05, 0) is 37.5 Å². The number of benzene rings is 1. The molecule has 1 heterocycles. The number of halogens is 1. The maximum absolute atomic E-state index is 9.61. The lowest BCUT2D eigenvalue weighted by molar-refractivity contribution is 0.198. The van der Waals surface area contributed by atoms with E-state index in [1.807, 2.05) is 6.07 Å². The van der Waals surface area contributed by atoms with E-state index in [1.165, 1.54) is 31.4 Å². The van der Waals surface area contributed by atoms with Crippen LogP contribution in [0.4, 0.5) is 5.69 Å². The van der Waals surface area contributed by atoms with Crippen molar-refractivity contribution in [2.24, 2.45) is 0 Å². The van der Waals surface area contributed by atoms with E-state index < -0.39 is 6.10 Å². The van der Waals surface area contributed by atoms with Crippen LogP contribution in [0, 0.1) is 0 Å². The summed E-state index contributed by atoms with van der Waals surface area (Å²) < 4.78 is 1.01. The SMILES string of the molecule is C[C@H](O)c1ccc(N2CCCCCC2)cc1Br. The third kappa shape index (κ3) is 3.23. The van der Waals surface area contributed by atoms with Crippen molar-refractivity contribution in [3.63, 3.8) is 0 Å². The van der Waals surface area contributed by atoms with Crippen molar-refractivity contribution in [3.05, 3.63) is 28.2 Å². The molecule has 2 nitrogen and oxygen atoms in total. The molecule has 0 unspecified atom stereocenters. The third-order valence-electron chi connectivity index (χ3n) is 3.41. The van der Waals surface area contributed by atoms with Gasteiger partial charge in [-0.25, -0.2) is 0 Å². The first-order valence-electron chi connectivity index (χ1n) is 6.41. The van der Waals surface area contributed by atoms with Crippen LogP contribution in [-0.4, -0.2) is 18.2 Å². The highest BCUT2D eigenvalue weighted by atomic mass is 79.9. The molecule has 0 saturated carbocycles. The number of hydrogen-bond donors (Lipinski definition) is 1. The quantitative estimate of drug-likeness (QED) is 0.895. The maximum atomic E-state index is 9.61. The van der Waals surface area contributed by atoms with Crippen molar-refractivity contribution in [2.45, 2.75) is 38.7 Å². The Hall–Kier alpha value is -0.540. The number of anilines is 1. The lowest BCUT2D eigenvalue weighted by Gasteiger charge is -2.23. The van der Waals surface area contributed by atoms with E-state index in [1.54, 1.807) is 6.92 Å². The molecule has 1 atom stereocenters. The molecule has 1 aromatic carbocycles. The molecule has 0 amide bonds. The van der Waals surface area contributed by atoms with Crippen molar-refractivity contribution >= 4 is 21.6 Å². The Bertz CT molecular complexity index is 370. The minimum absolute atomic E-state index is 0.414. The van der Waals surface area contributed by atoms with E-state index in [4.69, 9.17) is 0 Å². The van der Waals surface area contributed by atoms with E-state index >= 15 is 0 Å². The lowest BCUT2D eigenvalue weighted by atomic mass is 10.1. The van der Waals surface area contributed by atoms with Crippen LogP contribution in [0.25, 0.3) is 0 Å². The Morgan fingerprint density at radius 1 is 1.18 bits per heavy atom. The van der Waals surface area contributed by atoms with Gasteiger partial charge < -0.3 is 10.0 Å². The number of nitrogens with zero attached hydrogens (tertiary/aromatic N) is 1. The molecule has 3 heteroatoms. The summed E-state index contributed by atoms with van der Waals surface area (Å²) in [5, 5.41) is 9.61. The van der Waals surface area contributed by atoms with E-state index in [9.17, 15) is 5.11 Å². The highest BCUT2D eigenvalue weighted by molar-refractivity contribution is 9.10. The third-order valence-corrected chi connectivity index (χ3v) is 4.09. The molecule has 0 spiro atoms. The molecular weight excluding hydrogens is 278 g/mol. The van der Waals surface area contributed by atoms with E-state index in [2.05, 4.69) is 33.0 Å². The Labute approximate surface area is 112 Å². The van der Waals surface area contributed by atoms with Gasteiger partial charge in [0.05, 0.1) is 6.10 Å². The summed E-state index contributed by atoms with van der Waals surface area (Å²) in [5.41, 5.74) is 2.23. The molecule has 0 bridgehead atoms. The van der Waals surface area contributed by atoms with Crippen LogP contribution >= 0.6 is 15.9 Å². The summed E-state index contributed by atoms with van der Waals surface area (Å²) in [7, 11) is 0. The highest BCUT2D eigenvalue weighted by Crippen LogP contribution is 2.29. The predicted molar refractivity (Wildman–Crippen MR) is 75.5 cm³/mol. The van der Waals surface area contributed by atoms with Crippen molar-refractivity contribution in [1.29, 1.82) is 0 Å². The van der Waals surface area contributed by atoms with Gasteiger partial charge >= 0.3 is 0 Å². The zero-order valence-corrected chi connectivity index (χ0v) is 11.9. The van der Waals surface area contributed by atoms with E-state index in [0.29, 0.717) is 0 Å². The zero-order chi connectivity index (χ0) is 12.3. The average Bonchev–Trinajstić information content (AvgIpc) is 2.56. The van der Waals surface area contributed by atoms with Crippen LogP contribution in [0.2, 0.25) is 0 Å². The zero-order valence-electron chi connectivity index (χ0n) is 10.3. The summed E-state index contributed by atoms with van der Waals surface area (Å²) in [6.45, 7) is 4.10. The molecule has 1 fully saturated rings. The summed E-state index contributed by atoms with van der Waals surface area (Å²) in [6.07, 6.45) is 4.86. The summed E-state index contributed by atoms with van der Waals surface area (Å²) in [6, 6.07) is 6.28. The second-order valence-corrected chi connectivity index (χ2v) is 5.64. The molecule has 1 aromatic rings. The number of aliphatic hydroxyl groups excluding tert-OH is 1. The Morgan fingerprint density at radius 2 is 1.82 bits per heavy atom. The van der Waals surface area contributed by atoms with Gasteiger partial charge in [-0.1, -0.05) is 34.8 Å². The predicted octanol–water partition coefficient (Wildman–Crippen LogP) is 3.88. The summed E-state index contributed by atoms with van der Waals surface area (Å²) in [4.78, 5) is 2.45. The van der Waals surface area contributed by atoms with Gasteiger partial charge in [0.1, 0.15) is 0 Å². The van der Waals surface area contributed by atoms with Crippen LogP contribution in [0.1, 0.15) is 44.3 Å². The first-order chi connectivity index (χ1) is 8.18. The van der Waals surface area contributed by atoms with Gasteiger partial charge in [0.15, 0.2) is 0 Å². The highest BCUT2D eigenvalue weighted by Gasteiger charge is 2.12. The minimum atomic E-state index is -0.414. The van der Waals surface area contributed by atoms with Crippen molar-refractivity contribution in [2.75, 3.05) is 18.0 Å². The molecule has 0 radical (unpaired) electrons. The standard InChI is InChI=1S/C14H20BrNO/c1-11(17)13-7-6-12(10-14(13)15)16-8-4-2-3-5-9-16/h6-7,10-11,17H,2-5,8-9H2,1H3/t11-/m0/s1. The monoisotopic (exact) mass is 297 g/mol. The van der Waals surface area contributed by atoms with Crippen LogP contribution in [0.5, 0.6) is 0 Å². The van der Waals surface area contributed by atoms with Gasteiger partial charge in [0, 0.05) is 23.2 Å². The normalized spacial score (nSPS) is 18.9. The van der Waals surface area contributed by atoms with Gasteiger partial charge in [0.25, 0.3) is 0 Å². The molecule has 0 aromatic heterocycles. The number of hydrogen-bond acceptors (Lipinski definition) is 2. The van der Waals surface area contributed by atoms with Gasteiger partial charge in [0.2, 0.25) is 0 Å². The number of aliphatic hydroxyl groups is 1. The molecule has 2 rings (SSSR count). The molecule has 1 aliphatic heterocycles. The molecule has 1 saturated heterocycles. The fourth-order valence-electron chi connectivity index (χ4n) is 2.38. The van der Waals surface area contributed by atoms with Gasteiger partial charge in [-0.2, -0.15) is 0 Å². The van der Waals surface area contributed by atoms with Crippen LogP contribution < -0.4 is 4.90 Å². The second kappa shape index (κ2) is 5.87. The van der Waals surface area contributed by atoms with E-state index in [0.717, 1.165) is 23.1 Å². The van der Waals surface area contributed by atoms with Crippen molar-refractivity contribution in [1.82, 2.24) is 0 Å². The Morgan fingerprint density at radius 3 is 2.35 bits per heavy atom. The van der Waals surface area contributed by atoms with Gasteiger partial charge in [-0.3, -0.25) is 0 Å². The maximum Gasteiger partial charge on any atom is 0.0772 e. The summed E-state index contributed by atoms with van der Waals surface area (Å²) in [5.74, 6) is 0. The first-order valence-corrected chi connectivity index (χ1v) is 7.20. The topological polar surface area (TPSA) is 23.5 Å². The summed E-state index contributed by atoms with van der Waals surface area (Å²) >= 11 is 3.55. The largest absolute Gasteiger partial charge is 0.389 e. The van der Waals surface area contributed by atoms with Crippen molar-refractivity contribution < 1.29 is 5.11 Å². The van der Waals surface area contributed by atoms with Crippen molar-refractivity contribution in [3.8, 4) is 0 Å². The van der Waals surface area contributed by atoms with E-state index in [-0.39, 0.29) is 0 Å². The Balaban J connectivity index is 2.18. The Kier molecular flexibility index (Phi) is 4.46. The smallest absolute Gasteiger partial charge is 0.0772 e. The first kappa shape index (κ1) is 12.9. The minimum Gasteiger partial charge on any atom is -0.389 e. The fourth-order valence-corrected chi connectivity index (χ4v) is 3.08. The molecule has 1 N–H and O–H groups in total. The lowest BCUT2D eigenvalue weighted by Crippen LogP contribution is -2.23. The average molecular weight is 298 g/mol. The second-order valence-electron chi connectivity index (χ2n) is 4.78. The van der Waals surface area contributed by atoms with Crippen LogP contribution in [-0.2, 0) is 0 Å². The van der Waals surface area contributed by atoms with Crippen LogP contribution in [0.3, 0.4) is 0 Å². The number of rotatable bonds is 2. The molecular formula is C14H20BrNO. The molecule has 94 valence electrons.